The highest BCUT2D eigenvalue weighted by atomic mass is 16.4. The van der Waals surface area contributed by atoms with E-state index < -0.39 is 28.8 Å². The Balaban J connectivity index is 2.59. The molecule has 2 rings (SSSR count). The Labute approximate surface area is 113 Å². The van der Waals surface area contributed by atoms with Gasteiger partial charge < -0.3 is 15.5 Å². The summed E-state index contributed by atoms with van der Waals surface area (Å²) >= 11 is 0. The SMILES string of the molecule is O=C(O)C1=CC=CNC1(C(=O)O)C(=O)c1ccccn1. The van der Waals surface area contributed by atoms with Gasteiger partial charge in [-0.1, -0.05) is 6.07 Å². The van der Waals surface area contributed by atoms with Gasteiger partial charge in [0.15, 0.2) is 0 Å². The van der Waals surface area contributed by atoms with Gasteiger partial charge in [-0.15, -0.1) is 0 Å². The summed E-state index contributed by atoms with van der Waals surface area (Å²) in [6.07, 6.45) is 4.93. The number of aromatic nitrogens is 1. The Morgan fingerprint density at radius 3 is 2.50 bits per heavy atom. The van der Waals surface area contributed by atoms with Crippen LogP contribution in [0.1, 0.15) is 10.5 Å². The Bertz CT molecular complexity index is 635. The van der Waals surface area contributed by atoms with Crippen LogP contribution in [-0.4, -0.2) is 38.5 Å². The van der Waals surface area contributed by atoms with E-state index in [1.165, 1.54) is 30.6 Å². The summed E-state index contributed by atoms with van der Waals surface area (Å²) in [6, 6.07) is 4.40. The van der Waals surface area contributed by atoms with Crippen molar-refractivity contribution in [1.29, 1.82) is 0 Å². The van der Waals surface area contributed by atoms with E-state index in [0.29, 0.717) is 0 Å². The molecule has 0 fully saturated rings. The van der Waals surface area contributed by atoms with Crippen LogP contribution in [0.25, 0.3) is 0 Å². The lowest BCUT2D eigenvalue weighted by atomic mass is 9.82. The number of ketones is 1. The van der Waals surface area contributed by atoms with Gasteiger partial charge >= 0.3 is 11.9 Å². The number of carbonyl (C=O) groups excluding carboxylic acids is 1. The number of aliphatic carboxylic acids is 2. The standard InChI is InChI=1S/C13H10N2O5/c16-10(9-5-1-2-6-14-9)13(12(19)20)8(11(17)18)4-3-7-15-13/h1-7,15H,(H,17,18)(H,19,20). The molecule has 0 radical (unpaired) electrons. The number of dihydropyridines is 1. The van der Waals surface area contributed by atoms with E-state index in [9.17, 15) is 19.5 Å². The number of carbonyl (C=O) groups is 3. The molecule has 1 aromatic rings. The molecule has 20 heavy (non-hydrogen) atoms. The number of nitrogens with zero attached hydrogens (tertiary/aromatic N) is 1. The maximum Gasteiger partial charge on any atom is 0.342 e. The molecule has 0 aromatic carbocycles. The molecule has 1 aliphatic rings. The minimum Gasteiger partial charge on any atom is -0.479 e. The zero-order valence-corrected chi connectivity index (χ0v) is 10.1. The summed E-state index contributed by atoms with van der Waals surface area (Å²) in [5.41, 5.74) is -3.08. The first-order valence-electron chi connectivity index (χ1n) is 5.57. The molecule has 1 aliphatic heterocycles. The van der Waals surface area contributed by atoms with E-state index in [-0.39, 0.29) is 5.69 Å². The number of carboxylic acids is 2. The van der Waals surface area contributed by atoms with E-state index in [2.05, 4.69) is 10.3 Å². The topological polar surface area (TPSA) is 117 Å². The number of allylic oxidation sites excluding steroid dienone is 2. The fourth-order valence-electron chi connectivity index (χ4n) is 1.90. The molecular formula is C13H10N2O5. The van der Waals surface area contributed by atoms with Gasteiger partial charge in [0, 0.05) is 6.20 Å². The van der Waals surface area contributed by atoms with Gasteiger partial charge in [-0.2, -0.15) is 0 Å². The first kappa shape index (κ1) is 13.5. The zero-order chi connectivity index (χ0) is 14.8. The van der Waals surface area contributed by atoms with Crippen molar-refractivity contribution in [3.63, 3.8) is 0 Å². The Morgan fingerprint density at radius 2 is 1.95 bits per heavy atom. The largest absolute Gasteiger partial charge is 0.479 e. The maximum absolute atomic E-state index is 12.4. The average molecular weight is 274 g/mol. The first-order valence-corrected chi connectivity index (χ1v) is 5.57. The van der Waals surface area contributed by atoms with Gasteiger partial charge in [-0.3, -0.25) is 9.78 Å². The maximum atomic E-state index is 12.4. The van der Waals surface area contributed by atoms with Crippen LogP contribution >= 0.6 is 0 Å². The molecule has 3 N–H and O–H groups in total. The fraction of sp³-hybridized carbons (Fsp3) is 0.0769. The molecule has 7 heteroatoms. The number of nitrogens with one attached hydrogen (secondary N) is 1. The van der Waals surface area contributed by atoms with E-state index in [1.54, 1.807) is 6.07 Å². The van der Waals surface area contributed by atoms with Crippen molar-refractivity contribution in [3.8, 4) is 0 Å². The lowest BCUT2D eigenvalue weighted by Crippen LogP contribution is -2.60. The predicted octanol–water partition coefficient (Wildman–Crippen LogP) is 0.216. The van der Waals surface area contributed by atoms with Crippen LogP contribution in [0.3, 0.4) is 0 Å². The van der Waals surface area contributed by atoms with Crippen LogP contribution in [0, 0.1) is 0 Å². The molecule has 0 bridgehead atoms. The second kappa shape index (κ2) is 4.96. The summed E-state index contributed by atoms with van der Waals surface area (Å²) in [5.74, 6) is -4.04. The molecule has 1 aromatic heterocycles. The van der Waals surface area contributed by atoms with Crippen LogP contribution in [0.2, 0.25) is 0 Å². The second-order valence-corrected chi connectivity index (χ2v) is 3.99. The number of pyridine rings is 1. The second-order valence-electron chi connectivity index (χ2n) is 3.99. The number of carboxylic acid groups (broad SMARTS) is 2. The third kappa shape index (κ3) is 1.95. The molecular weight excluding hydrogens is 264 g/mol. The van der Waals surface area contributed by atoms with Crippen molar-refractivity contribution in [3.05, 3.63) is 54.0 Å². The molecule has 0 spiro atoms. The number of hydrogen-bond acceptors (Lipinski definition) is 5. The van der Waals surface area contributed by atoms with Crippen molar-refractivity contribution < 1.29 is 24.6 Å². The van der Waals surface area contributed by atoms with Crippen LogP contribution in [-0.2, 0) is 9.59 Å². The van der Waals surface area contributed by atoms with Gasteiger partial charge in [0.25, 0.3) is 0 Å². The molecule has 0 saturated heterocycles. The monoisotopic (exact) mass is 274 g/mol. The quantitative estimate of drug-likeness (QED) is 0.531. The van der Waals surface area contributed by atoms with Gasteiger partial charge in [0.05, 0.1) is 5.57 Å². The van der Waals surface area contributed by atoms with Crippen molar-refractivity contribution in [2.75, 3.05) is 0 Å². The van der Waals surface area contributed by atoms with Gasteiger partial charge in [0.1, 0.15) is 5.69 Å². The summed E-state index contributed by atoms with van der Waals surface area (Å²) in [4.78, 5) is 39.0. The molecule has 7 nitrogen and oxygen atoms in total. The highest BCUT2D eigenvalue weighted by Crippen LogP contribution is 2.25. The summed E-state index contributed by atoms with van der Waals surface area (Å²) < 4.78 is 0. The third-order valence-corrected chi connectivity index (χ3v) is 2.85. The van der Waals surface area contributed by atoms with Crippen LogP contribution < -0.4 is 5.32 Å². The summed E-state index contributed by atoms with van der Waals surface area (Å²) in [7, 11) is 0. The molecule has 2 heterocycles. The molecule has 0 aliphatic carbocycles. The molecule has 0 saturated carbocycles. The smallest absolute Gasteiger partial charge is 0.342 e. The third-order valence-electron chi connectivity index (χ3n) is 2.85. The lowest BCUT2D eigenvalue weighted by Gasteiger charge is -2.30. The zero-order valence-electron chi connectivity index (χ0n) is 10.1. The van der Waals surface area contributed by atoms with Crippen molar-refractivity contribution in [2.45, 2.75) is 5.54 Å². The van der Waals surface area contributed by atoms with Gasteiger partial charge in [-0.25, -0.2) is 9.59 Å². The number of rotatable bonds is 4. The Morgan fingerprint density at radius 1 is 1.20 bits per heavy atom. The Hall–Kier alpha value is -2.96. The fourth-order valence-corrected chi connectivity index (χ4v) is 1.90. The van der Waals surface area contributed by atoms with Crippen molar-refractivity contribution in [2.24, 2.45) is 0 Å². The summed E-state index contributed by atoms with van der Waals surface area (Å²) in [6.45, 7) is 0. The molecule has 1 unspecified atom stereocenters. The van der Waals surface area contributed by atoms with Crippen LogP contribution in [0.15, 0.2) is 48.3 Å². The molecule has 0 amide bonds. The van der Waals surface area contributed by atoms with Crippen LogP contribution in [0.4, 0.5) is 0 Å². The molecule has 102 valence electrons. The van der Waals surface area contributed by atoms with E-state index in [0.717, 1.165) is 6.08 Å². The predicted molar refractivity (Wildman–Crippen MR) is 66.9 cm³/mol. The first-order chi connectivity index (χ1) is 9.50. The van der Waals surface area contributed by atoms with E-state index >= 15 is 0 Å². The minimum absolute atomic E-state index is 0.134. The van der Waals surface area contributed by atoms with E-state index in [4.69, 9.17) is 5.11 Å². The van der Waals surface area contributed by atoms with Crippen molar-refractivity contribution >= 4 is 17.7 Å². The normalized spacial score (nSPS) is 20.7. The average Bonchev–Trinajstić information content (AvgIpc) is 2.46. The number of Topliss-reactive ketones (excluding diaryl/α,β-unsaturated/α-hetero) is 1. The lowest BCUT2D eigenvalue weighted by molar-refractivity contribution is -0.144. The van der Waals surface area contributed by atoms with Gasteiger partial charge in [0.2, 0.25) is 11.3 Å². The minimum atomic E-state index is -2.38. The summed E-state index contributed by atoms with van der Waals surface area (Å²) in [5, 5.41) is 20.9. The van der Waals surface area contributed by atoms with Gasteiger partial charge in [-0.05, 0) is 30.5 Å². The van der Waals surface area contributed by atoms with Crippen molar-refractivity contribution in [1.82, 2.24) is 10.3 Å². The number of hydrogen-bond donors (Lipinski definition) is 3. The molecule has 1 atom stereocenters. The highest BCUT2D eigenvalue weighted by molar-refractivity contribution is 6.23. The Kier molecular flexibility index (Phi) is 3.34. The van der Waals surface area contributed by atoms with Crippen LogP contribution in [0.5, 0.6) is 0 Å². The highest BCUT2D eigenvalue weighted by Gasteiger charge is 2.53. The van der Waals surface area contributed by atoms with E-state index in [1.807, 2.05) is 0 Å².